The van der Waals surface area contributed by atoms with Crippen LogP contribution in [0.5, 0.6) is 0 Å². The Morgan fingerprint density at radius 3 is 2.89 bits per heavy atom. The minimum absolute atomic E-state index is 0.0993. The van der Waals surface area contributed by atoms with Crippen LogP contribution in [0.1, 0.15) is 38.2 Å². The second-order valence-corrected chi connectivity index (χ2v) is 8.71. The molecule has 0 unspecified atom stereocenters. The zero-order valence-corrected chi connectivity index (χ0v) is 17.2. The van der Waals surface area contributed by atoms with Crippen LogP contribution in [-0.4, -0.2) is 32.7 Å². The van der Waals surface area contributed by atoms with E-state index in [0.29, 0.717) is 17.7 Å². The molecule has 1 saturated carbocycles. The van der Waals surface area contributed by atoms with Crippen LogP contribution in [0, 0.1) is 12.8 Å². The zero-order chi connectivity index (χ0) is 19.5. The zero-order valence-electron chi connectivity index (χ0n) is 16.4. The lowest BCUT2D eigenvalue weighted by molar-refractivity contribution is -0.119. The molecule has 4 rings (SSSR count). The number of imidazole rings is 1. The number of pyridine rings is 1. The van der Waals surface area contributed by atoms with Crippen molar-refractivity contribution in [3.63, 3.8) is 0 Å². The summed E-state index contributed by atoms with van der Waals surface area (Å²) in [6, 6.07) is 10.5. The predicted molar refractivity (Wildman–Crippen MR) is 114 cm³/mol. The lowest BCUT2D eigenvalue weighted by atomic mass is 9.86. The number of amides is 1. The maximum atomic E-state index is 12.3. The number of carbonyl (C=O) groups excluding carboxylic acids is 1. The fourth-order valence-corrected chi connectivity index (χ4v) is 4.44. The third-order valence-electron chi connectivity index (χ3n) is 5.46. The molecule has 0 aliphatic heterocycles. The fraction of sp³-hybridized carbons (Fsp3) is 0.409. The van der Waals surface area contributed by atoms with Gasteiger partial charge in [-0.1, -0.05) is 37.6 Å². The summed E-state index contributed by atoms with van der Waals surface area (Å²) >= 11 is 1.48. The molecule has 2 N–H and O–H groups in total. The van der Waals surface area contributed by atoms with Crippen molar-refractivity contribution in [3.8, 4) is 11.4 Å². The third-order valence-corrected chi connectivity index (χ3v) is 6.40. The molecule has 2 atom stereocenters. The largest absolute Gasteiger partial charge is 0.352 e. The van der Waals surface area contributed by atoms with Gasteiger partial charge >= 0.3 is 0 Å². The lowest BCUT2D eigenvalue weighted by Crippen LogP contribution is -2.41. The maximum absolute atomic E-state index is 12.3. The number of aryl methyl sites for hydroxylation is 1. The Hall–Kier alpha value is -2.34. The smallest absolute Gasteiger partial charge is 0.230 e. The monoisotopic (exact) mass is 394 g/mol. The third kappa shape index (κ3) is 4.38. The van der Waals surface area contributed by atoms with Gasteiger partial charge in [0, 0.05) is 17.8 Å². The fourth-order valence-electron chi connectivity index (χ4n) is 3.78. The molecule has 1 fully saturated rings. The first-order valence-corrected chi connectivity index (χ1v) is 10.9. The van der Waals surface area contributed by atoms with Gasteiger partial charge in [-0.15, -0.1) is 0 Å². The quantitative estimate of drug-likeness (QED) is 0.614. The van der Waals surface area contributed by atoms with Gasteiger partial charge in [0.2, 0.25) is 5.91 Å². The number of hydrogen-bond donors (Lipinski definition) is 2. The molecule has 146 valence electrons. The van der Waals surface area contributed by atoms with Crippen molar-refractivity contribution in [1.82, 2.24) is 20.3 Å². The van der Waals surface area contributed by atoms with Crippen molar-refractivity contribution in [2.45, 2.75) is 50.6 Å². The molecular formula is C22H26N4OS. The summed E-state index contributed by atoms with van der Waals surface area (Å²) in [7, 11) is 0. The molecule has 0 bridgehead atoms. The van der Waals surface area contributed by atoms with Gasteiger partial charge in [0.15, 0.2) is 0 Å². The second kappa shape index (κ2) is 8.35. The van der Waals surface area contributed by atoms with E-state index in [-0.39, 0.29) is 5.91 Å². The van der Waals surface area contributed by atoms with E-state index in [1.807, 2.05) is 24.4 Å². The number of fused-ring (bicyclic) bond motifs is 1. The van der Waals surface area contributed by atoms with Gasteiger partial charge in [-0.2, -0.15) is 0 Å². The minimum Gasteiger partial charge on any atom is -0.352 e. The van der Waals surface area contributed by atoms with Gasteiger partial charge in [-0.05, 0) is 55.5 Å². The number of nitrogens with one attached hydrogen (secondary N) is 2. The molecule has 5 nitrogen and oxygen atoms in total. The van der Waals surface area contributed by atoms with Crippen LogP contribution in [0.25, 0.3) is 22.4 Å². The molecule has 1 aliphatic carbocycles. The van der Waals surface area contributed by atoms with Crippen molar-refractivity contribution in [1.29, 1.82) is 0 Å². The highest BCUT2D eigenvalue weighted by Gasteiger charge is 2.22. The normalized spacial score (nSPS) is 19.6. The van der Waals surface area contributed by atoms with Gasteiger partial charge in [0.05, 0.1) is 21.8 Å². The first kappa shape index (κ1) is 19.0. The summed E-state index contributed by atoms with van der Waals surface area (Å²) in [4.78, 5) is 24.8. The molecular weight excluding hydrogens is 368 g/mol. The summed E-state index contributed by atoms with van der Waals surface area (Å²) in [5, 5.41) is 4.04. The minimum atomic E-state index is 0.0993. The van der Waals surface area contributed by atoms with Crippen LogP contribution in [0.4, 0.5) is 0 Å². The molecule has 0 spiro atoms. The summed E-state index contributed by atoms with van der Waals surface area (Å²) in [6.45, 7) is 4.30. The summed E-state index contributed by atoms with van der Waals surface area (Å²) in [5.74, 6) is 1.89. The van der Waals surface area contributed by atoms with E-state index in [0.717, 1.165) is 33.9 Å². The first-order chi connectivity index (χ1) is 13.6. The van der Waals surface area contributed by atoms with Gasteiger partial charge in [-0.25, -0.2) is 9.97 Å². The van der Waals surface area contributed by atoms with Gasteiger partial charge in [-0.3, -0.25) is 4.79 Å². The number of nitrogens with zero attached hydrogens (tertiary/aromatic N) is 2. The highest BCUT2D eigenvalue weighted by molar-refractivity contribution is 7.99. The number of H-pyrrole nitrogens is 1. The summed E-state index contributed by atoms with van der Waals surface area (Å²) < 4.78 is 0. The second-order valence-electron chi connectivity index (χ2n) is 7.72. The van der Waals surface area contributed by atoms with E-state index >= 15 is 0 Å². The highest BCUT2D eigenvalue weighted by Crippen LogP contribution is 2.25. The first-order valence-electron chi connectivity index (χ1n) is 9.93. The number of benzene rings is 1. The number of aromatic amines is 1. The molecule has 6 heteroatoms. The van der Waals surface area contributed by atoms with Crippen molar-refractivity contribution < 1.29 is 4.79 Å². The van der Waals surface area contributed by atoms with E-state index in [4.69, 9.17) is 0 Å². The highest BCUT2D eigenvalue weighted by atomic mass is 32.2. The number of carbonyl (C=O) groups is 1. The Labute approximate surface area is 169 Å². The van der Waals surface area contributed by atoms with Crippen molar-refractivity contribution >= 4 is 28.7 Å². The molecule has 2 aromatic heterocycles. The lowest BCUT2D eigenvalue weighted by Gasteiger charge is -2.29. The number of rotatable bonds is 5. The van der Waals surface area contributed by atoms with Crippen LogP contribution in [0.2, 0.25) is 0 Å². The Morgan fingerprint density at radius 2 is 2.11 bits per heavy atom. The van der Waals surface area contributed by atoms with Crippen molar-refractivity contribution in [2.24, 2.45) is 5.92 Å². The SMILES string of the molecule is Cc1ccc2nc(-c3ccc(SCC(=O)N[C@H]4CCCC[C@H]4C)nc3)[nH]c2c1. The van der Waals surface area contributed by atoms with Gasteiger partial charge < -0.3 is 10.3 Å². The predicted octanol–water partition coefficient (Wildman–Crippen LogP) is 4.72. The number of aromatic nitrogens is 3. The van der Waals surface area contributed by atoms with E-state index in [1.165, 1.54) is 36.6 Å². The van der Waals surface area contributed by atoms with Crippen molar-refractivity contribution in [3.05, 3.63) is 42.1 Å². The van der Waals surface area contributed by atoms with Crippen LogP contribution in [-0.2, 0) is 4.79 Å². The average Bonchev–Trinajstić information content (AvgIpc) is 3.12. The standard InChI is InChI=1S/C22H26N4OS/c1-14-7-9-18-19(11-14)26-22(25-18)16-8-10-21(23-12-16)28-13-20(27)24-17-6-4-3-5-15(17)2/h7-12,15,17H,3-6,13H2,1-2H3,(H,24,27)(H,25,26)/t15-,17+/m1/s1. The maximum Gasteiger partial charge on any atom is 0.230 e. The Kier molecular flexibility index (Phi) is 5.67. The molecule has 0 radical (unpaired) electrons. The number of hydrogen-bond acceptors (Lipinski definition) is 4. The topological polar surface area (TPSA) is 70.7 Å². The average molecular weight is 395 g/mol. The van der Waals surface area contributed by atoms with Crippen molar-refractivity contribution in [2.75, 3.05) is 5.75 Å². The van der Waals surface area contributed by atoms with Crippen LogP contribution in [0.15, 0.2) is 41.6 Å². The Morgan fingerprint density at radius 1 is 1.25 bits per heavy atom. The van der Waals surface area contributed by atoms with E-state index < -0.39 is 0 Å². The van der Waals surface area contributed by atoms with Gasteiger partial charge in [0.1, 0.15) is 5.82 Å². The molecule has 0 saturated heterocycles. The van der Waals surface area contributed by atoms with E-state index in [2.05, 4.69) is 46.2 Å². The van der Waals surface area contributed by atoms with E-state index in [9.17, 15) is 4.79 Å². The molecule has 1 amide bonds. The Balaban J connectivity index is 1.35. The molecule has 1 aliphatic rings. The molecule has 1 aromatic carbocycles. The van der Waals surface area contributed by atoms with Gasteiger partial charge in [0.25, 0.3) is 0 Å². The van der Waals surface area contributed by atoms with Crippen LogP contribution < -0.4 is 5.32 Å². The molecule has 28 heavy (non-hydrogen) atoms. The Bertz CT molecular complexity index is 966. The molecule has 3 aromatic rings. The summed E-state index contributed by atoms with van der Waals surface area (Å²) in [6.07, 6.45) is 6.62. The van der Waals surface area contributed by atoms with Crippen LogP contribution >= 0.6 is 11.8 Å². The number of thioether (sulfide) groups is 1. The summed E-state index contributed by atoms with van der Waals surface area (Å²) in [5.41, 5.74) is 4.13. The molecule has 2 heterocycles. The van der Waals surface area contributed by atoms with E-state index in [1.54, 1.807) is 0 Å². The van der Waals surface area contributed by atoms with Crippen LogP contribution in [0.3, 0.4) is 0 Å².